The molecule has 30 heavy (non-hydrogen) atoms. The molecule has 1 aliphatic heterocycles. The zero-order chi connectivity index (χ0) is 20.2. The van der Waals surface area contributed by atoms with Gasteiger partial charge in [0.25, 0.3) is 0 Å². The molecule has 2 aromatic heterocycles. The van der Waals surface area contributed by atoms with Crippen molar-refractivity contribution in [1.29, 1.82) is 0 Å². The number of aromatic nitrogens is 6. The lowest BCUT2D eigenvalue weighted by Gasteiger charge is -2.10. The molecule has 7 nitrogen and oxygen atoms in total. The van der Waals surface area contributed by atoms with E-state index in [0.717, 1.165) is 52.9 Å². The smallest absolute Gasteiger partial charge is 0.209 e. The molecule has 8 heteroatoms. The third-order valence-electron chi connectivity index (χ3n) is 5.11. The maximum Gasteiger partial charge on any atom is 0.209 e. The first-order valence-electron chi connectivity index (χ1n) is 10.1. The number of hydrogen-bond donors (Lipinski definition) is 0. The Kier molecular flexibility index (Phi) is 5.58. The quantitative estimate of drug-likeness (QED) is 0.423. The van der Waals surface area contributed by atoms with Crippen molar-refractivity contribution in [2.24, 2.45) is 0 Å². The largest absolute Gasteiger partial charge is 0.376 e. The molecule has 152 valence electrons. The van der Waals surface area contributed by atoms with Crippen molar-refractivity contribution in [1.82, 2.24) is 30.0 Å². The molecule has 0 aliphatic carbocycles. The van der Waals surface area contributed by atoms with E-state index in [4.69, 9.17) is 9.84 Å². The molecule has 1 aliphatic rings. The number of thioether (sulfide) groups is 1. The second-order valence-electron chi connectivity index (χ2n) is 7.22. The van der Waals surface area contributed by atoms with E-state index in [1.807, 2.05) is 45.8 Å². The normalized spacial score (nSPS) is 16.2. The van der Waals surface area contributed by atoms with Crippen LogP contribution in [0.3, 0.4) is 0 Å². The van der Waals surface area contributed by atoms with Crippen molar-refractivity contribution in [2.45, 2.75) is 36.4 Å². The van der Waals surface area contributed by atoms with Crippen LogP contribution in [0.25, 0.3) is 16.9 Å². The van der Waals surface area contributed by atoms with E-state index in [0.29, 0.717) is 6.54 Å². The van der Waals surface area contributed by atoms with Gasteiger partial charge < -0.3 is 4.74 Å². The van der Waals surface area contributed by atoms with Crippen molar-refractivity contribution in [3.8, 4) is 16.9 Å². The number of ether oxygens (including phenoxy) is 1. The molecule has 0 amide bonds. The van der Waals surface area contributed by atoms with E-state index in [1.165, 1.54) is 0 Å². The Morgan fingerprint density at radius 2 is 1.83 bits per heavy atom. The molecule has 1 saturated heterocycles. The fourth-order valence-corrected chi connectivity index (χ4v) is 4.46. The first-order chi connectivity index (χ1) is 14.9. The Bertz CT molecular complexity index is 1090. The summed E-state index contributed by atoms with van der Waals surface area (Å²) in [7, 11) is 0. The highest BCUT2D eigenvalue weighted by atomic mass is 32.2. The highest BCUT2D eigenvalue weighted by Crippen LogP contribution is 2.29. The average molecular weight is 419 g/mol. The van der Waals surface area contributed by atoms with E-state index >= 15 is 0 Å². The highest BCUT2D eigenvalue weighted by molar-refractivity contribution is 7.98. The van der Waals surface area contributed by atoms with Gasteiger partial charge in [0.15, 0.2) is 0 Å². The van der Waals surface area contributed by atoms with Gasteiger partial charge >= 0.3 is 0 Å². The summed E-state index contributed by atoms with van der Waals surface area (Å²) in [5.41, 5.74) is 4.25. The summed E-state index contributed by atoms with van der Waals surface area (Å²) in [6.45, 7) is 1.53. The molecule has 0 saturated carbocycles. The monoisotopic (exact) mass is 418 g/mol. The fourth-order valence-electron chi connectivity index (χ4n) is 3.61. The van der Waals surface area contributed by atoms with Gasteiger partial charge in [-0.05, 0) is 35.4 Å². The summed E-state index contributed by atoms with van der Waals surface area (Å²) in [5.74, 6) is 0.725. The topological polar surface area (TPSA) is 70.7 Å². The van der Waals surface area contributed by atoms with Crippen molar-refractivity contribution >= 4 is 11.8 Å². The minimum Gasteiger partial charge on any atom is -0.376 e. The van der Waals surface area contributed by atoms with Crippen LogP contribution in [0.5, 0.6) is 0 Å². The zero-order valence-corrected chi connectivity index (χ0v) is 17.3. The number of benzene rings is 2. The van der Waals surface area contributed by atoms with Gasteiger partial charge in [-0.3, -0.25) is 0 Å². The van der Waals surface area contributed by atoms with Gasteiger partial charge in [-0.1, -0.05) is 60.3 Å². The van der Waals surface area contributed by atoms with Gasteiger partial charge in [0.2, 0.25) is 5.16 Å². The summed E-state index contributed by atoms with van der Waals surface area (Å²) in [6, 6.07) is 20.4. The van der Waals surface area contributed by atoms with Crippen LogP contribution >= 0.6 is 11.8 Å². The van der Waals surface area contributed by atoms with Crippen molar-refractivity contribution in [3.63, 3.8) is 0 Å². The van der Waals surface area contributed by atoms with Gasteiger partial charge in [-0.15, -0.1) is 5.10 Å². The third-order valence-corrected chi connectivity index (χ3v) is 6.12. The SMILES string of the molecule is c1ccc(-c2nn(-c3ccccc3)cc2CSc2nnnn2CC2CCCO2)cc1. The first kappa shape index (κ1) is 19.0. The molecule has 2 aromatic carbocycles. The predicted molar refractivity (Wildman–Crippen MR) is 115 cm³/mol. The molecule has 0 bridgehead atoms. The van der Waals surface area contributed by atoms with E-state index in [9.17, 15) is 0 Å². The Hall–Kier alpha value is -2.97. The van der Waals surface area contributed by atoms with Crippen LogP contribution in [0.1, 0.15) is 18.4 Å². The standard InChI is InChI=1S/C22H22N6OS/c1-3-8-17(9-4-1)21-18(14-27(24-21)19-10-5-2-6-11-19)16-30-22-23-25-26-28(22)15-20-12-7-13-29-20/h1-6,8-11,14,20H,7,12-13,15-16H2. The third kappa shape index (κ3) is 4.15. The minimum absolute atomic E-state index is 0.202. The Labute approximate surface area is 179 Å². The maximum absolute atomic E-state index is 5.73. The summed E-state index contributed by atoms with van der Waals surface area (Å²) >= 11 is 1.63. The number of nitrogens with zero attached hydrogens (tertiary/aromatic N) is 6. The molecule has 3 heterocycles. The number of tetrazole rings is 1. The van der Waals surface area contributed by atoms with Crippen LogP contribution in [0, 0.1) is 0 Å². The number of para-hydroxylation sites is 1. The van der Waals surface area contributed by atoms with Gasteiger partial charge in [-0.2, -0.15) is 5.10 Å². The second kappa shape index (κ2) is 8.81. The Balaban J connectivity index is 1.40. The minimum atomic E-state index is 0.202. The second-order valence-corrected chi connectivity index (χ2v) is 8.16. The summed E-state index contributed by atoms with van der Waals surface area (Å²) in [5, 5.41) is 17.9. The fraction of sp³-hybridized carbons (Fsp3) is 0.273. The molecule has 4 aromatic rings. The molecule has 5 rings (SSSR count). The molecule has 0 radical (unpaired) electrons. The van der Waals surface area contributed by atoms with Crippen LogP contribution in [0.2, 0.25) is 0 Å². The number of hydrogen-bond acceptors (Lipinski definition) is 6. The lowest BCUT2D eigenvalue weighted by Crippen LogP contribution is -2.16. The average Bonchev–Trinajstić information content (AvgIpc) is 3.55. The first-order valence-corrected chi connectivity index (χ1v) is 11.1. The van der Waals surface area contributed by atoms with Gasteiger partial charge in [0, 0.05) is 29.7 Å². The Morgan fingerprint density at radius 1 is 1.03 bits per heavy atom. The maximum atomic E-state index is 5.73. The van der Waals surface area contributed by atoms with E-state index in [1.54, 1.807) is 11.8 Å². The number of rotatable bonds is 7. The zero-order valence-electron chi connectivity index (χ0n) is 16.5. The molecule has 1 unspecified atom stereocenters. The van der Waals surface area contributed by atoms with Crippen LogP contribution in [-0.2, 0) is 17.0 Å². The molecule has 0 spiro atoms. The molecular weight excluding hydrogens is 396 g/mol. The van der Waals surface area contributed by atoms with E-state index in [2.05, 4.69) is 46.0 Å². The summed E-state index contributed by atoms with van der Waals surface area (Å²) in [4.78, 5) is 0. The summed E-state index contributed by atoms with van der Waals surface area (Å²) < 4.78 is 9.52. The van der Waals surface area contributed by atoms with Crippen LogP contribution in [0.15, 0.2) is 72.0 Å². The molecule has 0 N–H and O–H groups in total. The van der Waals surface area contributed by atoms with Gasteiger partial charge in [0.1, 0.15) is 0 Å². The van der Waals surface area contributed by atoms with Crippen molar-refractivity contribution < 1.29 is 4.74 Å². The van der Waals surface area contributed by atoms with Gasteiger partial charge in [-0.25, -0.2) is 9.36 Å². The van der Waals surface area contributed by atoms with Crippen molar-refractivity contribution in [3.05, 3.63) is 72.4 Å². The molecule has 1 fully saturated rings. The Morgan fingerprint density at radius 3 is 2.60 bits per heavy atom. The lowest BCUT2D eigenvalue weighted by molar-refractivity contribution is 0.0912. The lowest BCUT2D eigenvalue weighted by atomic mass is 10.1. The van der Waals surface area contributed by atoms with E-state index in [-0.39, 0.29) is 6.10 Å². The summed E-state index contributed by atoms with van der Waals surface area (Å²) in [6.07, 6.45) is 4.47. The van der Waals surface area contributed by atoms with Crippen LogP contribution in [0.4, 0.5) is 0 Å². The van der Waals surface area contributed by atoms with Gasteiger partial charge in [0.05, 0.1) is 24.0 Å². The van der Waals surface area contributed by atoms with Crippen LogP contribution < -0.4 is 0 Å². The molecular formula is C22H22N6OS. The van der Waals surface area contributed by atoms with Crippen LogP contribution in [-0.4, -0.2) is 42.7 Å². The predicted octanol–water partition coefficient (Wildman–Crippen LogP) is 4.00. The van der Waals surface area contributed by atoms with Crippen molar-refractivity contribution in [2.75, 3.05) is 6.61 Å². The van der Waals surface area contributed by atoms with E-state index < -0.39 is 0 Å². The highest BCUT2D eigenvalue weighted by Gasteiger charge is 2.20. The molecule has 1 atom stereocenters.